The number of sulfone groups is 1. The van der Waals surface area contributed by atoms with Gasteiger partial charge in [0.1, 0.15) is 11.6 Å². The Labute approximate surface area is 171 Å². The van der Waals surface area contributed by atoms with E-state index in [2.05, 4.69) is 9.80 Å². The molecule has 5 nitrogen and oxygen atoms in total. The van der Waals surface area contributed by atoms with E-state index >= 15 is 0 Å². The van der Waals surface area contributed by atoms with Crippen LogP contribution in [-0.4, -0.2) is 62.8 Å². The summed E-state index contributed by atoms with van der Waals surface area (Å²) in [6.45, 7) is 1.60. The van der Waals surface area contributed by atoms with Crippen molar-refractivity contribution in [2.75, 3.05) is 33.4 Å². The Bertz CT molecular complexity index is 1020. The summed E-state index contributed by atoms with van der Waals surface area (Å²) in [5.74, 6) is -0.133. The van der Waals surface area contributed by atoms with Crippen molar-refractivity contribution in [3.63, 3.8) is 0 Å². The molecule has 0 amide bonds. The van der Waals surface area contributed by atoms with Gasteiger partial charge >= 0.3 is 0 Å². The fraction of sp³-hybridized carbons (Fsp3) is 0.455. The lowest BCUT2D eigenvalue weighted by atomic mass is 9.94. The predicted molar refractivity (Wildman–Crippen MR) is 110 cm³/mol. The highest BCUT2D eigenvalue weighted by Gasteiger charge is 2.41. The molecule has 3 atom stereocenters. The van der Waals surface area contributed by atoms with Gasteiger partial charge in [-0.05, 0) is 56.3 Å². The molecule has 0 bridgehead atoms. The van der Waals surface area contributed by atoms with Crippen molar-refractivity contribution in [3.8, 4) is 5.75 Å². The van der Waals surface area contributed by atoms with Gasteiger partial charge in [-0.2, -0.15) is 0 Å². The molecule has 0 spiro atoms. The molecule has 1 aliphatic carbocycles. The Balaban J connectivity index is 1.62. The van der Waals surface area contributed by atoms with E-state index < -0.39 is 9.84 Å². The Morgan fingerprint density at radius 3 is 2.45 bits per heavy atom. The number of rotatable bonds is 4. The van der Waals surface area contributed by atoms with Gasteiger partial charge in [0, 0.05) is 49.0 Å². The number of likely N-dealkylation sites (N-methyl/N-ethyl adjacent to an activating group) is 1. The van der Waals surface area contributed by atoms with E-state index in [1.807, 2.05) is 26.2 Å². The SMILES string of the molecule is CN(C)[C@@H]1CN([C@@H]2CCc3cc(O)cc(F)c32)C[C@H]1c1ccc(S(C)(=O)=O)cc1. The molecule has 2 aromatic rings. The first-order chi connectivity index (χ1) is 13.6. The number of nitrogens with zero attached hydrogens (tertiary/aromatic N) is 2. The van der Waals surface area contributed by atoms with Crippen LogP contribution < -0.4 is 0 Å². The molecule has 1 aliphatic heterocycles. The minimum Gasteiger partial charge on any atom is -0.508 e. The summed E-state index contributed by atoms with van der Waals surface area (Å²) in [4.78, 5) is 4.85. The number of phenolic OH excluding ortho intramolecular Hbond substituents is 1. The van der Waals surface area contributed by atoms with Gasteiger partial charge in [-0.15, -0.1) is 0 Å². The lowest BCUT2D eigenvalue weighted by Crippen LogP contribution is -2.35. The Morgan fingerprint density at radius 2 is 1.83 bits per heavy atom. The number of aromatic hydroxyl groups is 1. The highest BCUT2D eigenvalue weighted by Crippen LogP contribution is 2.43. The van der Waals surface area contributed by atoms with Gasteiger partial charge in [0.25, 0.3) is 0 Å². The van der Waals surface area contributed by atoms with E-state index in [1.165, 1.54) is 12.3 Å². The van der Waals surface area contributed by atoms with Crippen LogP contribution in [0.4, 0.5) is 4.39 Å². The lowest BCUT2D eigenvalue weighted by molar-refractivity contribution is 0.213. The maximum absolute atomic E-state index is 14.6. The summed E-state index contributed by atoms with van der Waals surface area (Å²) in [5, 5.41) is 9.71. The highest BCUT2D eigenvalue weighted by molar-refractivity contribution is 7.90. The van der Waals surface area contributed by atoms with Crippen LogP contribution in [0.3, 0.4) is 0 Å². The van der Waals surface area contributed by atoms with Crippen LogP contribution in [0.15, 0.2) is 41.3 Å². The quantitative estimate of drug-likeness (QED) is 0.827. The molecule has 0 unspecified atom stereocenters. The fourth-order valence-corrected chi connectivity index (χ4v) is 5.55. The van der Waals surface area contributed by atoms with Crippen molar-refractivity contribution in [1.29, 1.82) is 0 Å². The maximum Gasteiger partial charge on any atom is 0.175 e. The maximum atomic E-state index is 14.6. The lowest BCUT2D eigenvalue weighted by Gasteiger charge is -2.26. The number of hydrogen-bond acceptors (Lipinski definition) is 5. The second-order valence-corrected chi connectivity index (χ2v) is 10.5. The van der Waals surface area contributed by atoms with Crippen LogP contribution in [0.2, 0.25) is 0 Å². The first-order valence-corrected chi connectivity index (χ1v) is 11.8. The molecule has 1 saturated heterocycles. The van der Waals surface area contributed by atoms with Crippen LogP contribution in [0.25, 0.3) is 0 Å². The van der Waals surface area contributed by atoms with Crippen LogP contribution in [0.5, 0.6) is 5.75 Å². The average molecular weight is 419 g/mol. The molecule has 1 N–H and O–H groups in total. The van der Waals surface area contributed by atoms with Gasteiger partial charge in [-0.3, -0.25) is 4.90 Å². The topological polar surface area (TPSA) is 60.9 Å². The summed E-state index contributed by atoms with van der Waals surface area (Å²) >= 11 is 0. The fourth-order valence-electron chi connectivity index (χ4n) is 4.92. The average Bonchev–Trinajstić information content (AvgIpc) is 3.25. The standard InChI is InChI=1S/C22H27FN2O3S/c1-24(2)21-13-25(20-9-6-15-10-16(26)11-19(23)22(15)20)12-18(21)14-4-7-17(8-5-14)29(3,27)28/h4-5,7-8,10-11,18,20-21,26H,6,9,12-13H2,1-3H3/t18-,20+,21+/m0/s1. The van der Waals surface area contributed by atoms with Crippen LogP contribution in [0.1, 0.15) is 35.1 Å². The molecule has 1 fully saturated rings. The van der Waals surface area contributed by atoms with E-state index in [0.717, 1.165) is 37.1 Å². The first-order valence-electron chi connectivity index (χ1n) is 9.87. The summed E-state index contributed by atoms with van der Waals surface area (Å²) in [5.41, 5.74) is 2.71. The minimum atomic E-state index is -3.22. The molecular weight excluding hydrogens is 391 g/mol. The van der Waals surface area contributed by atoms with Gasteiger partial charge in [-0.1, -0.05) is 12.1 Å². The number of halogens is 1. The summed E-state index contributed by atoms with van der Waals surface area (Å²) in [6.07, 6.45) is 2.82. The second kappa shape index (κ2) is 7.38. The Kier molecular flexibility index (Phi) is 5.17. The number of likely N-dealkylation sites (tertiary alicyclic amines) is 1. The smallest absolute Gasteiger partial charge is 0.175 e. The van der Waals surface area contributed by atoms with Gasteiger partial charge < -0.3 is 10.0 Å². The van der Waals surface area contributed by atoms with Gasteiger partial charge in [0.05, 0.1) is 4.90 Å². The van der Waals surface area contributed by atoms with Crippen molar-refractivity contribution in [1.82, 2.24) is 9.80 Å². The third kappa shape index (κ3) is 3.79. The van der Waals surface area contributed by atoms with Crippen LogP contribution >= 0.6 is 0 Å². The molecule has 2 aromatic carbocycles. The number of aryl methyl sites for hydroxylation is 1. The van der Waals surface area contributed by atoms with Gasteiger partial charge in [-0.25, -0.2) is 12.8 Å². The third-order valence-corrected chi connectivity index (χ3v) is 7.51. The first kappa shape index (κ1) is 20.3. The normalized spacial score (nSPS) is 24.9. The minimum absolute atomic E-state index is 0.00772. The molecule has 29 heavy (non-hydrogen) atoms. The van der Waals surface area contributed by atoms with Crippen molar-refractivity contribution >= 4 is 9.84 Å². The number of hydrogen-bond donors (Lipinski definition) is 1. The molecule has 7 heteroatoms. The summed E-state index contributed by atoms with van der Waals surface area (Å²) in [6, 6.07) is 10.3. The third-order valence-electron chi connectivity index (χ3n) is 6.38. The number of phenols is 1. The largest absolute Gasteiger partial charge is 0.508 e. The summed E-state index contributed by atoms with van der Waals surface area (Å²) < 4.78 is 38.2. The highest BCUT2D eigenvalue weighted by atomic mass is 32.2. The molecule has 0 saturated carbocycles. The predicted octanol–water partition coefficient (Wildman–Crippen LogP) is 2.95. The van der Waals surface area contributed by atoms with Crippen molar-refractivity contribution in [2.45, 2.75) is 35.7 Å². The number of benzene rings is 2. The van der Waals surface area contributed by atoms with E-state index in [1.54, 1.807) is 18.2 Å². The Hall–Kier alpha value is -1.96. The van der Waals surface area contributed by atoms with Crippen LogP contribution in [-0.2, 0) is 16.3 Å². The second-order valence-electron chi connectivity index (χ2n) is 8.49. The zero-order chi connectivity index (χ0) is 20.9. The molecule has 156 valence electrons. The zero-order valence-electron chi connectivity index (χ0n) is 17.0. The summed E-state index contributed by atoms with van der Waals surface area (Å²) in [7, 11) is 0.876. The molecular formula is C22H27FN2O3S. The van der Waals surface area contributed by atoms with Crippen molar-refractivity contribution < 1.29 is 17.9 Å². The monoisotopic (exact) mass is 418 g/mol. The zero-order valence-corrected chi connectivity index (χ0v) is 17.8. The van der Waals surface area contributed by atoms with E-state index in [9.17, 15) is 17.9 Å². The van der Waals surface area contributed by atoms with E-state index in [4.69, 9.17) is 0 Å². The molecule has 1 heterocycles. The van der Waals surface area contributed by atoms with Gasteiger partial charge in [0.2, 0.25) is 0 Å². The Morgan fingerprint density at radius 1 is 1.14 bits per heavy atom. The van der Waals surface area contributed by atoms with Crippen molar-refractivity contribution in [3.05, 3.63) is 58.9 Å². The van der Waals surface area contributed by atoms with Gasteiger partial charge in [0.15, 0.2) is 9.84 Å². The van der Waals surface area contributed by atoms with Crippen molar-refractivity contribution in [2.24, 2.45) is 0 Å². The number of fused-ring (bicyclic) bond motifs is 1. The molecule has 0 radical (unpaired) electrons. The van der Waals surface area contributed by atoms with E-state index in [0.29, 0.717) is 10.5 Å². The van der Waals surface area contributed by atoms with Crippen LogP contribution in [0, 0.1) is 5.82 Å². The molecule has 4 rings (SSSR count). The molecule has 0 aromatic heterocycles. The molecule has 2 aliphatic rings. The van der Waals surface area contributed by atoms with E-state index in [-0.39, 0.29) is 29.6 Å².